The van der Waals surface area contributed by atoms with Crippen molar-refractivity contribution in [2.24, 2.45) is 0 Å². The van der Waals surface area contributed by atoms with Gasteiger partial charge in [0.25, 0.3) is 0 Å². The second kappa shape index (κ2) is 7.76. The molecule has 0 saturated heterocycles. The van der Waals surface area contributed by atoms with E-state index in [1.807, 2.05) is 0 Å². The van der Waals surface area contributed by atoms with E-state index in [2.05, 4.69) is 5.32 Å². The van der Waals surface area contributed by atoms with Crippen molar-refractivity contribution in [1.82, 2.24) is 5.32 Å². The first kappa shape index (κ1) is 17.4. The number of ketones is 1. The molecule has 0 heterocycles. The highest BCUT2D eigenvalue weighted by Crippen LogP contribution is 2.08. The first-order valence-corrected chi connectivity index (χ1v) is 6.31. The molecule has 1 atom stereocenters. The molecule has 0 aromatic heterocycles. The highest BCUT2D eigenvalue weighted by atomic mass is 16.6. The minimum Gasteiger partial charge on any atom is -0.466 e. The number of hydrogen-bond donors (Lipinski definition) is 1. The van der Waals surface area contributed by atoms with Gasteiger partial charge in [-0.05, 0) is 41.0 Å². The number of Topliss-reactive ketones (excluding diaryl/α,β-unsaturated/α-hetero) is 1. The summed E-state index contributed by atoms with van der Waals surface area (Å²) in [5, 5.41) is 2.45. The van der Waals surface area contributed by atoms with Crippen molar-refractivity contribution >= 4 is 17.8 Å². The Balaban J connectivity index is 4.31. The van der Waals surface area contributed by atoms with Gasteiger partial charge in [0.05, 0.1) is 12.6 Å². The number of carbonyl (C=O) groups excluding carboxylic acids is 3. The van der Waals surface area contributed by atoms with Gasteiger partial charge in [-0.1, -0.05) is 0 Å². The average Bonchev–Trinajstić information content (AvgIpc) is 2.21. The van der Waals surface area contributed by atoms with Crippen molar-refractivity contribution in [3.8, 4) is 0 Å². The lowest BCUT2D eigenvalue weighted by atomic mass is 10.1. The number of esters is 1. The van der Waals surface area contributed by atoms with E-state index in [1.165, 1.54) is 6.92 Å². The highest BCUT2D eigenvalue weighted by Gasteiger charge is 2.22. The third-order valence-electron chi connectivity index (χ3n) is 2.12. The van der Waals surface area contributed by atoms with Gasteiger partial charge in [0.2, 0.25) is 0 Å². The van der Waals surface area contributed by atoms with Crippen LogP contribution in [-0.4, -0.2) is 36.1 Å². The number of nitrogens with one attached hydrogen (secondary N) is 1. The summed E-state index contributed by atoms with van der Waals surface area (Å²) in [6, 6.07) is -0.737. The summed E-state index contributed by atoms with van der Waals surface area (Å²) >= 11 is 0. The van der Waals surface area contributed by atoms with Crippen molar-refractivity contribution in [1.29, 1.82) is 0 Å². The molecule has 0 aliphatic carbocycles. The summed E-state index contributed by atoms with van der Waals surface area (Å²) in [5.74, 6) is -0.616. The van der Waals surface area contributed by atoms with Gasteiger partial charge in [-0.15, -0.1) is 0 Å². The van der Waals surface area contributed by atoms with Crippen molar-refractivity contribution in [2.45, 2.75) is 59.1 Å². The largest absolute Gasteiger partial charge is 0.466 e. The smallest absolute Gasteiger partial charge is 0.408 e. The maximum absolute atomic E-state index is 11.5. The summed E-state index contributed by atoms with van der Waals surface area (Å²) in [6.45, 7) is 8.55. The Morgan fingerprint density at radius 1 is 1.21 bits per heavy atom. The lowest BCUT2D eigenvalue weighted by molar-refractivity contribution is -0.143. The summed E-state index contributed by atoms with van der Waals surface area (Å²) in [5.41, 5.74) is -0.632. The Morgan fingerprint density at radius 3 is 2.21 bits per heavy atom. The van der Waals surface area contributed by atoms with E-state index in [0.29, 0.717) is 6.61 Å². The molecule has 0 bridgehead atoms. The molecular weight excluding hydrogens is 250 g/mol. The standard InChI is InChI=1S/C13H23NO5/c1-6-18-11(16)8-7-10(9(2)15)14-12(17)19-13(3,4)5/h10H,6-8H2,1-5H3,(H,14,17)/t10-/m0/s1. The molecule has 6 nitrogen and oxygen atoms in total. The SMILES string of the molecule is CCOC(=O)CC[C@H](NC(=O)OC(C)(C)C)C(C)=O. The molecule has 1 amide bonds. The normalized spacial score (nSPS) is 12.5. The van der Waals surface area contributed by atoms with Gasteiger partial charge in [0.15, 0.2) is 5.78 Å². The van der Waals surface area contributed by atoms with Gasteiger partial charge in [-0.2, -0.15) is 0 Å². The second-order valence-electron chi connectivity index (χ2n) is 5.15. The second-order valence-corrected chi connectivity index (χ2v) is 5.15. The summed E-state index contributed by atoms with van der Waals surface area (Å²) in [4.78, 5) is 34.1. The van der Waals surface area contributed by atoms with Crippen LogP contribution in [0.5, 0.6) is 0 Å². The van der Waals surface area contributed by atoms with Crippen LogP contribution in [0.3, 0.4) is 0 Å². The molecule has 0 aliphatic heterocycles. The van der Waals surface area contributed by atoms with Gasteiger partial charge >= 0.3 is 12.1 Å². The number of carbonyl (C=O) groups is 3. The topological polar surface area (TPSA) is 81.7 Å². The minimum atomic E-state index is -0.737. The van der Waals surface area contributed by atoms with Crippen LogP contribution in [0.25, 0.3) is 0 Å². The number of amides is 1. The van der Waals surface area contributed by atoms with Crippen molar-refractivity contribution < 1.29 is 23.9 Å². The van der Waals surface area contributed by atoms with E-state index in [-0.39, 0.29) is 24.6 Å². The molecule has 0 unspecified atom stereocenters. The highest BCUT2D eigenvalue weighted by molar-refractivity contribution is 5.86. The van der Waals surface area contributed by atoms with Crippen LogP contribution in [0, 0.1) is 0 Å². The zero-order valence-corrected chi connectivity index (χ0v) is 12.2. The molecular formula is C13H23NO5. The minimum absolute atomic E-state index is 0.0773. The van der Waals surface area contributed by atoms with E-state index in [1.54, 1.807) is 27.7 Å². The van der Waals surface area contributed by atoms with E-state index in [9.17, 15) is 14.4 Å². The average molecular weight is 273 g/mol. The lowest BCUT2D eigenvalue weighted by Gasteiger charge is -2.22. The van der Waals surface area contributed by atoms with Crippen LogP contribution in [0.2, 0.25) is 0 Å². The van der Waals surface area contributed by atoms with E-state index in [0.717, 1.165) is 0 Å². The lowest BCUT2D eigenvalue weighted by Crippen LogP contribution is -2.43. The molecule has 0 fully saturated rings. The fourth-order valence-electron chi connectivity index (χ4n) is 1.32. The number of hydrogen-bond acceptors (Lipinski definition) is 5. The Morgan fingerprint density at radius 2 is 1.79 bits per heavy atom. The number of rotatable bonds is 6. The van der Waals surface area contributed by atoms with E-state index < -0.39 is 17.7 Å². The van der Waals surface area contributed by atoms with Gasteiger partial charge in [-0.3, -0.25) is 9.59 Å². The first-order chi connectivity index (χ1) is 8.65. The van der Waals surface area contributed by atoms with Crippen LogP contribution >= 0.6 is 0 Å². The van der Waals surface area contributed by atoms with E-state index in [4.69, 9.17) is 9.47 Å². The van der Waals surface area contributed by atoms with Gasteiger partial charge in [0, 0.05) is 6.42 Å². The van der Waals surface area contributed by atoms with E-state index >= 15 is 0 Å². The Labute approximate surface area is 113 Å². The number of alkyl carbamates (subject to hydrolysis) is 1. The summed E-state index contributed by atoms with van der Waals surface area (Å²) < 4.78 is 9.82. The molecule has 110 valence electrons. The third-order valence-corrected chi connectivity index (χ3v) is 2.12. The molecule has 1 N–H and O–H groups in total. The molecule has 0 spiro atoms. The van der Waals surface area contributed by atoms with Gasteiger partial charge in [0.1, 0.15) is 5.60 Å². The third kappa shape index (κ3) is 9.04. The quantitative estimate of drug-likeness (QED) is 0.746. The molecule has 0 aromatic carbocycles. The van der Waals surface area contributed by atoms with Gasteiger partial charge in [-0.25, -0.2) is 4.79 Å². The van der Waals surface area contributed by atoms with Crippen LogP contribution in [0.1, 0.15) is 47.5 Å². The maximum Gasteiger partial charge on any atom is 0.408 e. The zero-order chi connectivity index (χ0) is 15.1. The fourth-order valence-corrected chi connectivity index (χ4v) is 1.32. The monoisotopic (exact) mass is 273 g/mol. The van der Waals surface area contributed by atoms with Crippen LogP contribution in [0.15, 0.2) is 0 Å². The fraction of sp³-hybridized carbons (Fsp3) is 0.769. The molecule has 0 radical (unpaired) electrons. The Hall–Kier alpha value is -1.59. The molecule has 6 heteroatoms. The van der Waals surface area contributed by atoms with Crippen molar-refractivity contribution in [3.05, 3.63) is 0 Å². The van der Waals surface area contributed by atoms with Crippen LogP contribution in [0.4, 0.5) is 4.79 Å². The predicted octanol–water partition coefficient (Wildman–Crippen LogP) is 1.81. The van der Waals surface area contributed by atoms with Crippen LogP contribution in [-0.2, 0) is 19.1 Å². The molecule has 0 rings (SSSR count). The molecule has 0 aliphatic rings. The maximum atomic E-state index is 11.5. The van der Waals surface area contributed by atoms with Crippen LogP contribution < -0.4 is 5.32 Å². The van der Waals surface area contributed by atoms with Gasteiger partial charge < -0.3 is 14.8 Å². The summed E-state index contributed by atoms with van der Waals surface area (Å²) in [6.07, 6.45) is -0.391. The Bertz CT molecular complexity index is 332. The summed E-state index contributed by atoms with van der Waals surface area (Å²) in [7, 11) is 0. The molecule has 19 heavy (non-hydrogen) atoms. The van der Waals surface area contributed by atoms with Crippen molar-refractivity contribution in [2.75, 3.05) is 6.61 Å². The molecule has 0 aromatic rings. The predicted molar refractivity (Wildman–Crippen MR) is 69.7 cm³/mol. The molecule has 0 saturated carbocycles. The Kier molecular flexibility index (Phi) is 7.11. The van der Waals surface area contributed by atoms with Crippen molar-refractivity contribution in [3.63, 3.8) is 0 Å². The first-order valence-electron chi connectivity index (χ1n) is 6.31. The number of ether oxygens (including phenoxy) is 2. The zero-order valence-electron chi connectivity index (χ0n) is 12.2.